The summed E-state index contributed by atoms with van der Waals surface area (Å²) in [7, 11) is 0. The SMILES string of the molecule is Cc1cccc(C2C(=O)NCCN2CCc2nc(-c3ccccc3)no2)c1. The molecule has 1 unspecified atom stereocenters. The number of benzene rings is 2. The molecule has 0 spiro atoms. The average Bonchev–Trinajstić information content (AvgIpc) is 3.16. The van der Waals surface area contributed by atoms with Gasteiger partial charge in [0.15, 0.2) is 0 Å². The van der Waals surface area contributed by atoms with Gasteiger partial charge >= 0.3 is 0 Å². The number of nitrogens with zero attached hydrogens (tertiary/aromatic N) is 3. The highest BCUT2D eigenvalue weighted by Crippen LogP contribution is 2.24. The van der Waals surface area contributed by atoms with Gasteiger partial charge in [-0.2, -0.15) is 4.98 Å². The summed E-state index contributed by atoms with van der Waals surface area (Å²) in [6.45, 7) is 4.17. The largest absolute Gasteiger partial charge is 0.353 e. The maximum atomic E-state index is 12.5. The Labute approximate surface area is 158 Å². The van der Waals surface area contributed by atoms with Crippen molar-refractivity contribution in [3.63, 3.8) is 0 Å². The van der Waals surface area contributed by atoms with Crippen molar-refractivity contribution >= 4 is 5.91 Å². The molecule has 2 aromatic carbocycles. The Morgan fingerprint density at radius 3 is 2.85 bits per heavy atom. The van der Waals surface area contributed by atoms with Crippen molar-refractivity contribution in [2.45, 2.75) is 19.4 Å². The number of hydrogen-bond donors (Lipinski definition) is 1. The number of piperazine rings is 1. The Bertz CT molecular complexity index is 923. The zero-order valence-electron chi connectivity index (χ0n) is 15.3. The molecule has 1 amide bonds. The maximum absolute atomic E-state index is 12.5. The molecule has 1 atom stereocenters. The first-order valence-corrected chi connectivity index (χ1v) is 9.17. The van der Waals surface area contributed by atoms with Gasteiger partial charge < -0.3 is 9.84 Å². The Hall–Kier alpha value is -2.99. The summed E-state index contributed by atoms with van der Waals surface area (Å²) in [5.74, 6) is 1.22. The molecule has 6 nitrogen and oxygen atoms in total. The fraction of sp³-hybridized carbons (Fsp3) is 0.286. The molecule has 0 bridgehead atoms. The van der Waals surface area contributed by atoms with Crippen LogP contribution < -0.4 is 5.32 Å². The topological polar surface area (TPSA) is 71.3 Å². The van der Waals surface area contributed by atoms with E-state index < -0.39 is 0 Å². The van der Waals surface area contributed by atoms with Crippen molar-refractivity contribution in [1.29, 1.82) is 0 Å². The molecule has 0 saturated carbocycles. The predicted octanol–water partition coefficient (Wildman–Crippen LogP) is 2.76. The molecule has 4 rings (SSSR count). The number of amides is 1. The standard InChI is InChI=1S/C21H22N4O2/c1-15-6-5-9-17(14-15)19-21(26)22-11-13-25(19)12-10-18-23-20(24-27-18)16-7-3-2-4-8-16/h2-9,14,19H,10-13H2,1H3,(H,22,26). The number of rotatable bonds is 5. The van der Waals surface area contributed by atoms with Crippen molar-refractivity contribution in [2.75, 3.05) is 19.6 Å². The first-order valence-electron chi connectivity index (χ1n) is 9.17. The Kier molecular flexibility index (Phi) is 4.98. The van der Waals surface area contributed by atoms with E-state index in [1.54, 1.807) is 0 Å². The lowest BCUT2D eigenvalue weighted by atomic mass is 10.0. The smallest absolute Gasteiger partial charge is 0.242 e. The molecule has 138 valence electrons. The van der Waals surface area contributed by atoms with Gasteiger partial charge in [-0.1, -0.05) is 65.3 Å². The number of nitrogens with one attached hydrogen (secondary N) is 1. The lowest BCUT2D eigenvalue weighted by molar-refractivity contribution is -0.129. The lowest BCUT2D eigenvalue weighted by Gasteiger charge is -2.35. The normalized spacial score (nSPS) is 17.7. The third-order valence-electron chi connectivity index (χ3n) is 4.78. The van der Waals surface area contributed by atoms with Crippen LogP contribution in [0.5, 0.6) is 0 Å². The summed E-state index contributed by atoms with van der Waals surface area (Å²) in [5, 5.41) is 7.04. The number of carbonyl (C=O) groups excluding carboxylic acids is 1. The Balaban J connectivity index is 1.48. The van der Waals surface area contributed by atoms with Crippen LogP contribution in [-0.4, -0.2) is 40.6 Å². The van der Waals surface area contributed by atoms with E-state index in [-0.39, 0.29) is 11.9 Å². The van der Waals surface area contributed by atoms with E-state index in [2.05, 4.69) is 26.4 Å². The summed E-state index contributed by atoms with van der Waals surface area (Å²) >= 11 is 0. The van der Waals surface area contributed by atoms with E-state index in [9.17, 15) is 4.79 Å². The van der Waals surface area contributed by atoms with Crippen molar-refractivity contribution < 1.29 is 9.32 Å². The predicted molar refractivity (Wildman–Crippen MR) is 102 cm³/mol. The molecule has 6 heteroatoms. The third kappa shape index (κ3) is 3.90. The van der Waals surface area contributed by atoms with E-state index in [1.165, 1.54) is 0 Å². The first kappa shape index (κ1) is 17.4. The minimum atomic E-state index is -0.282. The summed E-state index contributed by atoms with van der Waals surface area (Å²) in [6.07, 6.45) is 0.607. The van der Waals surface area contributed by atoms with Crippen molar-refractivity contribution in [3.05, 3.63) is 71.6 Å². The summed E-state index contributed by atoms with van der Waals surface area (Å²) in [5.41, 5.74) is 3.10. The third-order valence-corrected chi connectivity index (χ3v) is 4.78. The average molecular weight is 362 g/mol. The first-order chi connectivity index (χ1) is 13.2. The van der Waals surface area contributed by atoms with Crippen LogP contribution in [0.4, 0.5) is 0 Å². The highest BCUT2D eigenvalue weighted by Gasteiger charge is 2.31. The van der Waals surface area contributed by atoms with Crippen LogP contribution in [-0.2, 0) is 11.2 Å². The number of aryl methyl sites for hydroxylation is 1. The van der Waals surface area contributed by atoms with Gasteiger partial charge in [-0.3, -0.25) is 9.69 Å². The molecule has 2 heterocycles. The van der Waals surface area contributed by atoms with Crippen LogP contribution in [0.2, 0.25) is 0 Å². The van der Waals surface area contributed by atoms with Gasteiger partial charge in [0.1, 0.15) is 6.04 Å². The molecule has 3 aromatic rings. The number of hydrogen-bond acceptors (Lipinski definition) is 5. The van der Waals surface area contributed by atoms with Crippen LogP contribution in [0.1, 0.15) is 23.1 Å². The van der Waals surface area contributed by atoms with Crippen LogP contribution in [0.3, 0.4) is 0 Å². The zero-order chi connectivity index (χ0) is 18.6. The van der Waals surface area contributed by atoms with Gasteiger partial charge in [-0.25, -0.2) is 0 Å². The minimum Gasteiger partial charge on any atom is -0.353 e. The fourth-order valence-electron chi connectivity index (χ4n) is 3.46. The quantitative estimate of drug-likeness (QED) is 0.756. The van der Waals surface area contributed by atoms with Crippen LogP contribution >= 0.6 is 0 Å². The van der Waals surface area contributed by atoms with Crippen molar-refractivity contribution in [1.82, 2.24) is 20.4 Å². The maximum Gasteiger partial charge on any atom is 0.242 e. The molecular weight excluding hydrogens is 340 g/mol. The zero-order valence-corrected chi connectivity index (χ0v) is 15.3. The molecule has 1 aliphatic heterocycles. The monoisotopic (exact) mass is 362 g/mol. The molecule has 0 aliphatic carbocycles. The van der Waals surface area contributed by atoms with Gasteiger partial charge in [-0.15, -0.1) is 0 Å². The van der Waals surface area contributed by atoms with Gasteiger partial charge in [0.05, 0.1) is 0 Å². The number of aromatic nitrogens is 2. The molecule has 0 radical (unpaired) electrons. The summed E-state index contributed by atoms with van der Waals surface area (Å²) < 4.78 is 5.41. The Morgan fingerprint density at radius 1 is 1.19 bits per heavy atom. The second-order valence-corrected chi connectivity index (χ2v) is 6.77. The van der Waals surface area contributed by atoms with E-state index in [4.69, 9.17) is 4.52 Å². The van der Waals surface area contributed by atoms with E-state index >= 15 is 0 Å². The van der Waals surface area contributed by atoms with Gasteiger partial charge in [-0.05, 0) is 12.5 Å². The molecular formula is C21H22N4O2. The molecule has 1 fully saturated rings. The minimum absolute atomic E-state index is 0.0438. The van der Waals surface area contributed by atoms with Crippen LogP contribution in [0, 0.1) is 6.92 Å². The van der Waals surface area contributed by atoms with Gasteiger partial charge in [0, 0.05) is 31.6 Å². The van der Waals surface area contributed by atoms with Crippen LogP contribution in [0.25, 0.3) is 11.4 Å². The van der Waals surface area contributed by atoms with Crippen LogP contribution in [0.15, 0.2) is 59.1 Å². The second-order valence-electron chi connectivity index (χ2n) is 6.77. The highest BCUT2D eigenvalue weighted by molar-refractivity contribution is 5.84. The summed E-state index contributed by atoms with van der Waals surface area (Å²) in [6, 6.07) is 17.6. The van der Waals surface area contributed by atoms with E-state index in [0.29, 0.717) is 31.2 Å². The summed E-state index contributed by atoms with van der Waals surface area (Å²) in [4.78, 5) is 19.2. The van der Waals surface area contributed by atoms with E-state index in [0.717, 1.165) is 23.2 Å². The lowest BCUT2D eigenvalue weighted by Crippen LogP contribution is -2.50. The second kappa shape index (κ2) is 7.72. The molecule has 1 saturated heterocycles. The molecule has 1 N–H and O–H groups in total. The molecule has 27 heavy (non-hydrogen) atoms. The Morgan fingerprint density at radius 2 is 2.04 bits per heavy atom. The fourth-order valence-corrected chi connectivity index (χ4v) is 3.46. The van der Waals surface area contributed by atoms with Gasteiger partial charge in [0.2, 0.25) is 17.6 Å². The number of carbonyl (C=O) groups is 1. The van der Waals surface area contributed by atoms with Crippen molar-refractivity contribution in [3.8, 4) is 11.4 Å². The van der Waals surface area contributed by atoms with E-state index in [1.807, 2.05) is 55.5 Å². The molecule has 1 aliphatic rings. The van der Waals surface area contributed by atoms with Crippen molar-refractivity contribution in [2.24, 2.45) is 0 Å². The van der Waals surface area contributed by atoms with Gasteiger partial charge in [0.25, 0.3) is 0 Å². The highest BCUT2D eigenvalue weighted by atomic mass is 16.5. The molecule has 1 aromatic heterocycles.